The summed E-state index contributed by atoms with van der Waals surface area (Å²) >= 11 is 0. The Balaban J connectivity index is 1.34. The molecule has 2 aromatic heterocycles. The highest BCUT2D eigenvalue weighted by molar-refractivity contribution is 7.89. The number of fused-ring (bicyclic) bond motifs is 1. The number of hydrogen-bond donors (Lipinski definition) is 1. The molecule has 13 heteroatoms. The van der Waals surface area contributed by atoms with E-state index in [2.05, 4.69) is 20.4 Å². The van der Waals surface area contributed by atoms with Gasteiger partial charge in [0.1, 0.15) is 4.90 Å². The predicted octanol–water partition coefficient (Wildman–Crippen LogP) is 3.99. The van der Waals surface area contributed by atoms with Gasteiger partial charge in [0.15, 0.2) is 0 Å². The third-order valence-corrected chi connectivity index (χ3v) is 8.13. The SMILES string of the molecule is Cc1c(S(=O)(=O)N2CCc3nc(NC(=O)c4ccccc4C(F)(F)F)ncc3C2)cnn1-c1ccccc1. The van der Waals surface area contributed by atoms with Gasteiger partial charge in [-0.25, -0.2) is 23.1 Å². The van der Waals surface area contributed by atoms with Crippen LogP contribution >= 0.6 is 0 Å². The van der Waals surface area contributed by atoms with Gasteiger partial charge in [-0.05, 0) is 31.2 Å². The molecule has 0 aliphatic carbocycles. The van der Waals surface area contributed by atoms with Crippen molar-refractivity contribution in [1.29, 1.82) is 0 Å². The van der Waals surface area contributed by atoms with E-state index in [1.807, 2.05) is 30.3 Å². The zero-order valence-electron chi connectivity index (χ0n) is 20.0. The highest BCUT2D eigenvalue weighted by Gasteiger charge is 2.35. The van der Waals surface area contributed by atoms with Crippen LogP contribution in [0.5, 0.6) is 0 Å². The van der Waals surface area contributed by atoms with Crippen LogP contribution in [0.4, 0.5) is 19.1 Å². The fourth-order valence-electron chi connectivity index (χ4n) is 4.27. The quantitative estimate of drug-likeness (QED) is 0.409. The van der Waals surface area contributed by atoms with Crippen LogP contribution in [0.2, 0.25) is 0 Å². The molecule has 0 saturated carbocycles. The highest BCUT2D eigenvalue weighted by Crippen LogP contribution is 2.32. The van der Waals surface area contributed by atoms with Crippen LogP contribution in [0.25, 0.3) is 5.69 Å². The summed E-state index contributed by atoms with van der Waals surface area (Å²) in [6, 6.07) is 13.6. The number of nitrogens with zero attached hydrogens (tertiary/aromatic N) is 5. The molecule has 5 rings (SSSR count). The third kappa shape index (κ3) is 4.77. The van der Waals surface area contributed by atoms with Gasteiger partial charge in [0, 0.05) is 31.3 Å². The number of para-hydroxylation sites is 1. The molecule has 0 saturated heterocycles. The molecule has 38 heavy (non-hydrogen) atoms. The molecule has 196 valence electrons. The average Bonchev–Trinajstić information content (AvgIpc) is 3.30. The second-order valence-corrected chi connectivity index (χ2v) is 10.5. The van der Waals surface area contributed by atoms with E-state index in [0.717, 1.165) is 17.8 Å². The Morgan fingerprint density at radius 3 is 2.47 bits per heavy atom. The topological polar surface area (TPSA) is 110 Å². The minimum Gasteiger partial charge on any atom is -0.290 e. The summed E-state index contributed by atoms with van der Waals surface area (Å²) in [6.07, 6.45) is -1.78. The van der Waals surface area contributed by atoms with Gasteiger partial charge in [-0.3, -0.25) is 10.1 Å². The number of halogens is 3. The number of benzene rings is 2. The first-order chi connectivity index (χ1) is 18.1. The van der Waals surface area contributed by atoms with Crippen LogP contribution in [0.1, 0.15) is 32.9 Å². The molecular weight excluding hydrogens is 521 g/mol. The lowest BCUT2D eigenvalue weighted by molar-refractivity contribution is -0.137. The Hall–Kier alpha value is -4.10. The smallest absolute Gasteiger partial charge is 0.290 e. The van der Waals surface area contributed by atoms with Crippen molar-refractivity contribution in [3.8, 4) is 5.69 Å². The number of anilines is 1. The van der Waals surface area contributed by atoms with Crippen LogP contribution in [0, 0.1) is 6.92 Å². The van der Waals surface area contributed by atoms with E-state index in [9.17, 15) is 26.4 Å². The molecule has 0 bridgehead atoms. The van der Waals surface area contributed by atoms with E-state index >= 15 is 0 Å². The maximum Gasteiger partial charge on any atom is 0.417 e. The molecule has 0 fully saturated rings. The van der Waals surface area contributed by atoms with E-state index < -0.39 is 33.2 Å². The summed E-state index contributed by atoms with van der Waals surface area (Å²) in [4.78, 5) is 20.9. The maximum absolute atomic E-state index is 13.4. The van der Waals surface area contributed by atoms with Crippen LogP contribution in [-0.4, -0.2) is 44.9 Å². The minimum atomic E-state index is -4.70. The molecule has 0 unspecified atom stereocenters. The van der Waals surface area contributed by atoms with Crippen molar-refractivity contribution >= 4 is 21.9 Å². The molecule has 2 aromatic carbocycles. The first-order valence-electron chi connectivity index (χ1n) is 11.5. The van der Waals surface area contributed by atoms with Crippen molar-refractivity contribution < 1.29 is 26.4 Å². The number of amides is 1. The highest BCUT2D eigenvalue weighted by atomic mass is 32.2. The Kier molecular flexibility index (Phi) is 6.49. The largest absolute Gasteiger partial charge is 0.417 e. The molecule has 1 N–H and O–H groups in total. The number of rotatable bonds is 5. The molecule has 0 radical (unpaired) electrons. The van der Waals surface area contributed by atoms with E-state index in [4.69, 9.17) is 0 Å². The molecule has 1 aliphatic rings. The Morgan fingerprint density at radius 1 is 1.03 bits per heavy atom. The summed E-state index contributed by atoms with van der Waals surface area (Å²) in [5, 5.41) is 6.56. The van der Waals surface area contributed by atoms with E-state index in [1.165, 1.54) is 28.8 Å². The molecule has 9 nitrogen and oxygen atoms in total. The maximum atomic E-state index is 13.4. The van der Waals surface area contributed by atoms with Crippen molar-refractivity contribution in [3.63, 3.8) is 0 Å². The van der Waals surface area contributed by atoms with E-state index in [-0.39, 0.29) is 30.4 Å². The molecule has 0 atom stereocenters. The number of aromatic nitrogens is 4. The van der Waals surface area contributed by atoms with Crippen molar-refractivity contribution in [3.05, 3.63) is 95.1 Å². The first-order valence-corrected chi connectivity index (χ1v) is 12.9. The van der Waals surface area contributed by atoms with Crippen molar-refractivity contribution in [2.45, 2.75) is 31.0 Å². The second kappa shape index (κ2) is 9.65. The second-order valence-electron chi connectivity index (χ2n) is 8.59. The monoisotopic (exact) mass is 542 g/mol. The molecule has 3 heterocycles. The number of alkyl halides is 3. The van der Waals surface area contributed by atoms with E-state index in [0.29, 0.717) is 17.0 Å². The lowest BCUT2D eigenvalue weighted by Crippen LogP contribution is -2.36. The van der Waals surface area contributed by atoms with Crippen LogP contribution in [0.15, 0.2) is 71.9 Å². The summed E-state index contributed by atoms with van der Waals surface area (Å²) < 4.78 is 69.5. The first kappa shape index (κ1) is 25.5. The third-order valence-electron chi connectivity index (χ3n) is 6.18. The number of sulfonamides is 1. The summed E-state index contributed by atoms with van der Waals surface area (Å²) in [6.45, 7) is 1.80. The van der Waals surface area contributed by atoms with Gasteiger partial charge in [0.2, 0.25) is 16.0 Å². The van der Waals surface area contributed by atoms with Gasteiger partial charge in [0.05, 0.1) is 34.4 Å². The Morgan fingerprint density at radius 2 is 1.74 bits per heavy atom. The predicted molar refractivity (Wildman–Crippen MR) is 131 cm³/mol. The van der Waals surface area contributed by atoms with Crippen molar-refractivity contribution in [1.82, 2.24) is 24.1 Å². The Bertz CT molecular complexity index is 1620. The summed E-state index contributed by atoms with van der Waals surface area (Å²) in [5.41, 5.74) is 0.614. The molecule has 4 aromatic rings. The van der Waals surface area contributed by atoms with Gasteiger partial charge in [-0.1, -0.05) is 30.3 Å². The number of carbonyl (C=O) groups is 1. The van der Waals surface area contributed by atoms with Crippen LogP contribution < -0.4 is 5.32 Å². The number of nitrogens with one attached hydrogen (secondary N) is 1. The lowest BCUT2D eigenvalue weighted by Gasteiger charge is -2.27. The zero-order valence-corrected chi connectivity index (χ0v) is 20.8. The molecule has 1 amide bonds. The summed E-state index contributed by atoms with van der Waals surface area (Å²) in [5.74, 6) is -1.16. The molecule has 1 aliphatic heterocycles. The van der Waals surface area contributed by atoms with Gasteiger partial charge < -0.3 is 0 Å². The van der Waals surface area contributed by atoms with Crippen LogP contribution in [0.3, 0.4) is 0 Å². The van der Waals surface area contributed by atoms with E-state index in [1.54, 1.807) is 11.6 Å². The zero-order chi connectivity index (χ0) is 27.1. The fourth-order valence-corrected chi connectivity index (χ4v) is 5.83. The number of hydrogen-bond acceptors (Lipinski definition) is 6. The Labute approximate surface area is 216 Å². The van der Waals surface area contributed by atoms with Gasteiger partial charge in [-0.2, -0.15) is 22.6 Å². The lowest BCUT2D eigenvalue weighted by atomic mass is 10.1. The van der Waals surface area contributed by atoms with Crippen molar-refractivity contribution in [2.75, 3.05) is 11.9 Å². The van der Waals surface area contributed by atoms with Gasteiger partial charge in [0.25, 0.3) is 5.91 Å². The normalized spacial score (nSPS) is 14.2. The molecule has 0 spiro atoms. The minimum absolute atomic E-state index is 0.00123. The van der Waals surface area contributed by atoms with Crippen molar-refractivity contribution in [2.24, 2.45) is 0 Å². The fraction of sp³-hybridized carbons (Fsp3) is 0.200. The van der Waals surface area contributed by atoms with Gasteiger partial charge >= 0.3 is 6.18 Å². The summed E-state index contributed by atoms with van der Waals surface area (Å²) in [7, 11) is -3.89. The standard InChI is InChI=1S/C25H21F3N6O3S/c1-16-22(14-30-34(16)18-7-3-2-4-8-18)38(36,37)33-12-11-21-17(15-33)13-29-24(31-21)32-23(35)19-9-5-6-10-20(19)25(26,27)28/h2-10,13-14H,11-12,15H2,1H3,(H,29,31,32,35). The molecular formula is C25H21F3N6O3S. The number of carbonyl (C=O) groups excluding carboxylic acids is 1. The average molecular weight is 543 g/mol. The van der Waals surface area contributed by atoms with Gasteiger partial charge in [-0.15, -0.1) is 0 Å². The van der Waals surface area contributed by atoms with Crippen LogP contribution in [-0.2, 0) is 29.2 Å².